The highest BCUT2D eigenvalue weighted by molar-refractivity contribution is 5.69. The van der Waals surface area contributed by atoms with Crippen LogP contribution in [0.25, 0.3) is 17.2 Å². The molecule has 4 aromatic rings. The molecule has 30 heavy (non-hydrogen) atoms. The van der Waals surface area contributed by atoms with Crippen LogP contribution in [0, 0.1) is 26.6 Å². The number of ether oxygens (including phenoxy) is 1. The van der Waals surface area contributed by atoms with E-state index in [2.05, 4.69) is 30.5 Å². The van der Waals surface area contributed by atoms with Gasteiger partial charge >= 0.3 is 0 Å². The van der Waals surface area contributed by atoms with Gasteiger partial charge in [-0.05, 0) is 32.9 Å². The van der Waals surface area contributed by atoms with Gasteiger partial charge in [0.15, 0.2) is 11.6 Å². The van der Waals surface area contributed by atoms with Crippen molar-refractivity contribution in [3.05, 3.63) is 53.5 Å². The maximum atomic E-state index is 13.2. The average Bonchev–Trinajstić information content (AvgIpc) is 3.18. The van der Waals surface area contributed by atoms with Gasteiger partial charge in [-0.1, -0.05) is 0 Å². The number of nitrogens with one attached hydrogen (secondary N) is 1. The second-order valence-corrected chi connectivity index (χ2v) is 6.81. The van der Waals surface area contributed by atoms with E-state index in [1.165, 1.54) is 18.6 Å². The van der Waals surface area contributed by atoms with E-state index in [0.29, 0.717) is 23.0 Å². The predicted octanol–water partition coefficient (Wildman–Crippen LogP) is 3.27. The highest BCUT2D eigenvalue weighted by Gasteiger charge is 2.17. The number of pyridine rings is 1. The minimum Gasteiger partial charge on any atom is -0.493 e. The zero-order valence-electron chi connectivity index (χ0n) is 17.3. The van der Waals surface area contributed by atoms with Crippen LogP contribution in [-0.2, 0) is 7.05 Å². The Morgan fingerprint density at radius 1 is 1.07 bits per heavy atom. The maximum absolute atomic E-state index is 13.2. The van der Waals surface area contributed by atoms with E-state index in [1.807, 2.05) is 27.8 Å². The van der Waals surface area contributed by atoms with Gasteiger partial charge in [-0.3, -0.25) is 9.67 Å². The minimum atomic E-state index is -0.389. The molecule has 0 fully saturated rings. The molecule has 4 rings (SSSR count). The fourth-order valence-electron chi connectivity index (χ4n) is 3.36. The Morgan fingerprint density at radius 2 is 1.87 bits per heavy atom. The lowest BCUT2D eigenvalue weighted by Gasteiger charge is -2.09. The topological polar surface area (TPSA) is 95.6 Å². The Hall–Kier alpha value is -3.82. The summed E-state index contributed by atoms with van der Waals surface area (Å²) >= 11 is 0. The predicted molar refractivity (Wildman–Crippen MR) is 110 cm³/mol. The van der Waals surface area contributed by atoms with Crippen molar-refractivity contribution in [2.24, 2.45) is 7.05 Å². The number of aryl methyl sites for hydroxylation is 2. The van der Waals surface area contributed by atoms with Crippen molar-refractivity contribution in [1.82, 2.24) is 34.5 Å². The molecule has 0 atom stereocenters. The van der Waals surface area contributed by atoms with Crippen LogP contribution in [0.15, 0.2) is 30.7 Å². The lowest BCUT2D eigenvalue weighted by molar-refractivity contribution is 0.408. The molecule has 0 unspecified atom stereocenters. The van der Waals surface area contributed by atoms with Crippen molar-refractivity contribution in [2.75, 3.05) is 12.4 Å². The number of aromatic nitrogens is 7. The number of hydrogen-bond acceptors (Lipinski definition) is 7. The lowest BCUT2D eigenvalue weighted by Crippen LogP contribution is -2.06. The molecule has 0 spiro atoms. The first-order valence-corrected chi connectivity index (χ1v) is 9.24. The second kappa shape index (κ2) is 7.54. The van der Waals surface area contributed by atoms with Crippen LogP contribution in [0.5, 0.6) is 5.75 Å². The molecule has 0 saturated carbocycles. The van der Waals surface area contributed by atoms with Crippen molar-refractivity contribution in [2.45, 2.75) is 20.8 Å². The van der Waals surface area contributed by atoms with Gasteiger partial charge in [0.05, 0.1) is 24.7 Å². The summed E-state index contributed by atoms with van der Waals surface area (Å²) in [4.78, 5) is 12.8. The van der Waals surface area contributed by atoms with Crippen LogP contribution in [0.4, 0.5) is 16.0 Å². The van der Waals surface area contributed by atoms with Crippen molar-refractivity contribution < 1.29 is 9.13 Å². The molecule has 0 amide bonds. The highest BCUT2D eigenvalue weighted by atomic mass is 19.1. The van der Waals surface area contributed by atoms with Crippen molar-refractivity contribution in [3.63, 3.8) is 0 Å². The molecular weight excluding hydrogens is 387 g/mol. The standard InChI is InChI=1S/C20H21FN8O/c1-11-18(15-7-6-14(21)9-22-15)27-28(4)20(11)25-16-8-17(24-10-23-16)29-13(3)19(30-5)12(2)26-29/h6-10H,1-5H3,(H,23,24,25). The molecule has 9 nitrogen and oxygen atoms in total. The molecular formula is C20H21FN8O. The molecule has 1 N–H and O–H groups in total. The molecule has 154 valence electrons. The molecule has 4 aromatic heterocycles. The highest BCUT2D eigenvalue weighted by Crippen LogP contribution is 2.29. The van der Waals surface area contributed by atoms with Gasteiger partial charge < -0.3 is 10.1 Å². The number of halogens is 1. The summed E-state index contributed by atoms with van der Waals surface area (Å²) < 4.78 is 22.0. The molecule has 0 aromatic carbocycles. The van der Waals surface area contributed by atoms with Crippen LogP contribution in [0.2, 0.25) is 0 Å². The van der Waals surface area contributed by atoms with Crippen molar-refractivity contribution in [3.8, 4) is 23.0 Å². The van der Waals surface area contributed by atoms with Crippen LogP contribution >= 0.6 is 0 Å². The Labute approximate surface area is 172 Å². The number of rotatable bonds is 5. The molecule has 0 saturated heterocycles. The first kappa shape index (κ1) is 19.5. The zero-order valence-corrected chi connectivity index (χ0v) is 17.3. The number of hydrogen-bond donors (Lipinski definition) is 1. The Kier molecular flexibility index (Phi) is 4.90. The van der Waals surface area contributed by atoms with Gasteiger partial charge in [-0.2, -0.15) is 10.2 Å². The van der Waals surface area contributed by atoms with Gasteiger partial charge in [-0.25, -0.2) is 19.0 Å². The molecule has 0 bridgehead atoms. The van der Waals surface area contributed by atoms with Gasteiger partial charge in [0, 0.05) is 18.7 Å². The smallest absolute Gasteiger partial charge is 0.163 e. The SMILES string of the molecule is COc1c(C)nn(-c2cc(Nc3c(C)c(-c4ccc(F)cn4)nn3C)ncn2)c1C. The third-order valence-electron chi connectivity index (χ3n) is 4.80. The number of nitrogens with zero attached hydrogens (tertiary/aromatic N) is 7. The van der Waals surface area contributed by atoms with E-state index in [0.717, 1.165) is 28.5 Å². The summed E-state index contributed by atoms with van der Waals surface area (Å²) in [7, 11) is 3.43. The average molecular weight is 408 g/mol. The van der Waals surface area contributed by atoms with Gasteiger partial charge in [0.25, 0.3) is 0 Å². The Bertz CT molecular complexity index is 1210. The zero-order chi connectivity index (χ0) is 21.4. The quantitative estimate of drug-likeness (QED) is 0.541. The van der Waals surface area contributed by atoms with Crippen molar-refractivity contribution >= 4 is 11.6 Å². The van der Waals surface area contributed by atoms with Crippen LogP contribution < -0.4 is 10.1 Å². The van der Waals surface area contributed by atoms with Crippen LogP contribution in [0.3, 0.4) is 0 Å². The molecule has 10 heteroatoms. The minimum absolute atomic E-state index is 0.389. The van der Waals surface area contributed by atoms with E-state index >= 15 is 0 Å². The summed E-state index contributed by atoms with van der Waals surface area (Å²) in [5, 5.41) is 12.3. The Morgan fingerprint density at radius 3 is 2.53 bits per heavy atom. The van der Waals surface area contributed by atoms with E-state index in [9.17, 15) is 4.39 Å². The largest absolute Gasteiger partial charge is 0.493 e. The van der Waals surface area contributed by atoms with Gasteiger partial charge in [0.1, 0.15) is 35.2 Å². The van der Waals surface area contributed by atoms with Crippen molar-refractivity contribution in [1.29, 1.82) is 0 Å². The monoisotopic (exact) mass is 408 g/mol. The molecule has 0 aliphatic heterocycles. The maximum Gasteiger partial charge on any atom is 0.163 e. The second-order valence-electron chi connectivity index (χ2n) is 6.81. The van der Waals surface area contributed by atoms with Gasteiger partial charge in [0.2, 0.25) is 0 Å². The molecule has 0 radical (unpaired) electrons. The third kappa shape index (κ3) is 3.36. The van der Waals surface area contributed by atoms with E-state index in [4.69, 9.17) is 4.74 Å². The van der Waals surface area contributed by atoms with E-state index in [1.54, 1.807) is 28.6 Å². The fraction of sp³-hybridized carbons (Fsp3) is 0.250. The summed E-state index contributed by atoms with van der Waals surface area (Å²) in [5.41, 5.74) is 3.75. The van der Waals surface area contributed by atoms with Crippen LogP contribution in [0.1, 0.15) is 17.0 Å². The molecule has 0 aliphatic carbocycles. The summed E-state index contributed by atoms with van der Waals surface area (Å²) in [6.45, 7) is 5.72. The number of anilines is 2. The first-order valence-electron chi connectivity index (χ1n) is 9.24. The van der Waals surface area contributed by atoms with Gasteiger partial charge in [-0.15, -0.1) is 0 Å². The third-order valence-corrected chi connectivity index (χ3v) is 4.80. The fourth-order valence-corrected chi connectivity index (χ4v) is 3.36. The van der Waals surface area contributed by atoms with E-state index < -0.39 is 0 Å². The van der Waals surface area contributed by atoms with E-state index in [-0.39, 0.29) is 5.82 Å². The molecule has 4 heterocycles. The number of methoxy groups -OCH3 is 1. The van der Waals surface area contributed by atoms with Crippen LogP contribution in [-0.4, -0.2) is 41.6 Å². The normalized spacial score (nSPS) is 11.0. The first-order chi connectivity index (χ1) is 14.4. The Balaban J connectivity index is 1.68. The summed E-state index contributed by atoms with van der Waals surface area (Å²) in [5.74, 6) is 2.27. The molecule has 0 aliphatic rings. The summed E-state index contributed by atoms with van der Waals surface area (Å²) in [6, 6.07) is 4.76. The lowest BCUT2D eigenvalue weighted by atomic mass is 10.2. The summed E-state index contributed by atoms with van der Waals surface area (Å²) in [6.07, 6.45) is 2.64.